The molecule has 0 aromatic carbocycles. The molecule has 0 saturated heterocycles. The van der Waals surface area contributed by atoms with Crippen LogP contribution in [0.3, 0.4) is 0 Å². The zero-order valence-electron chi connectivity index (χ0n) is 7.22. The predicted molar refractivity (Wildman–Crippen MR) is 47.4 cm³/mol. The molecule has 3 aliphatic carbocycles. The van der Waals surface area contributed by atoms with Crippen LogP contribution in [0.1, 0.15) is 25.7 Å². The van der Waals surface area contributed by atoms with Crippen molar-refractivity contribution in [3.63, 3.8) is 0 Å². The lowest BCUT2D eigenvalue weighted by Crippen LogP contribution is -2.34. The molecule has 0 aromatic rings. The summed E-state index contributed by atoms with van der Waals surface area (Å²) in [7, 11) is 2.10. The van der Waals surface area contributed by atoms with Crippen molar-refractivity contribution < 1.29 is 0 Å². The zero-order chi connectivity index (χ0) is 7.68. The van der Waals surface area contributed by atoms with Crippen LogP contribution in [-0.4, -0.2) is 13.1 Å². The highest BCUT2D eigenvalue weighted by atomic mass is 14.9. The van der Waals surface area contributed by atoms with Gasteiger partial charge >= 0.3 is 0 Å². The Morgan fingerprint density at radius 3 is 3.00 bits per heavy atom. The van der Waals surface area contributed by atoms with E-state index in [1.165, 1.54) is 25.7 Å². The Hall–Kier alpha value is -0.300. The van der Waals surface area contributed by atoms with Crippen molar-refractivity contribution >= 4 is 0 Å². The molecule has 1 heteroatoms. The van der Waals surface area contributed by atoms with Crippen molar-refractivity contribution in [2.45, 2.75) is 31.7 Å². The molecule has 1 fully saturated rings. The largest absolute Gasteiger partial charge is 0.316 e. The van der Waals surface area contributed by atoms with Gasteiger partial charge in [-0.15, -0.1) is 0 Å². The maximum absolute atomic E-state index is 3.42. The molecule has 0 spiro atoms. The Balaban J connectivity index is 2.13. The highest BCUT2D eigenvalue weighted by Gasteiger charge is 2.27. The summed E-state index contributed by atoms with van der Waals surface area (Å²) in [4.78, 5) is 0. The zero-order valence-corrected chi connectivity index (χ0v) is 7.22. The fourth-order valence-corrected chi connectivity index (χ4v) is 2.47. The van der Waals surface area contributed by atoms with Crippen molar-refractivity contribution in [2.24, 2.45) is 11.8 Å². The first-order valence-electron chi connectivity index (χ1n) is 4.76. The van der Waals surface area contributed by atoms with Crippen LogP contribution in [0.5, 0.6) is 0 Å². The van der Waals surface area contributed by atoms with Gasteiger partial charge in [0, 0.05) is 6.04 Å². The molecule has 3 rings (SSSR count). The Bertz CT molecular complexity index is 162. The van der Waals surface area contributed by atoms with Crippen LogP contribution < -0.4 is 5.32 Å². The number of hydrogen-bond donors (Lipinski definition) is 1. The van der Waals surface area contributed by atoms with Gasteiger partial charge in [-0.05, 0) is 38.1 Å². The summed E-state index contributed by atoms with van der Waals surface area (Å²) < 4.78 is 0. The lowest BCUT2D eigenvalue weighted by atomic mass is 9.86. The third-order valence-electron chi connectivity index (χ3n) is 3.19. The maximum Gasteiger partial charge on any atom is 0.0132 e. The number of rotatable bonds is 1. The summed E-state index contributed by atoms with van der Waals surface area (Å²) in [5.41, 5.74) is 0. The third kappa shape index (κ3) is 1.34. The molecule has 3 aliphatic rings. The average molecular weight is 151 g/mol. The van der Waals surface area contributed by atoms with E-state index in [4.69, 9.17) is 0 Å². The SMILES string of the molecule is CNC1CC2C=CC1CCC2. The molecular weight excluding hydrogens is 134 g/mol. The predicted octanol–water partition coefficient (Wildman–Crippen LogP) is 1.95. The van der Waals surface area contributed by atoms with Gasteiger partial charge in [-0.2, -0.15) is 0 Å². The molecule has 1 nitrogen and oxygen atoms in total. The summed E-state index contributed by atoms with van der Waals surface area (Å²) in [6.45, 7) is 0. The standard InChI is InChI=1S/C10H17N/c1-11-10-7-8-3-2-4-9(10)6-5-8/h5-6,8-11H,2-4,7H2,1H3. The summed E-state index contributed by atoms with van der Waals surface area (Å²) in [6, 6.07) is 0.771. The lowest BCUT2D eigenvalue weighted by molar-refractivity contribution is 0.374. The van der Waals surface area contributed by atoms with E-state index in [0.29, 0.717) is 0 Å². The van der Waals surface area contributed by atoms with Gasteiger partial charge in [0.1, 0.15) is 0 Å². The fourth-order valence-electron chi connectivity index (χ4n) is 2.47. The van der Waals surface area contributed by atoms with Crippen LogP contribution in [0.2, 0.25) is 0 Å². The first kappa shape index (κ1) is 7.35. The molecule has 0 heterocycles. The van der Waals surface area contributed by atoms with E-state index in [1.54, 1.807) is 0 Å². The molecule has 62 valence electrons. The Morgan fingerprint density at radius 2 is 2.18 bits per heavy atom. The first-order chi connectivity index (χ1) is 5.40. The highest BCUT2D eigenvalue weighted by molar-refractivity contribution is 5.05. The second-order valence-electron chi connectivity index (χ2n) is 3.87. The molecule has 3 atom stereocenters. The molecule has 1 saturated carbocycles. The van der Waals surface area contributed by atoms with Gasteiger partial charge in [0.2, 0.25) is 0 Å². The van der Waals surface area contributed by atoms with Gasteiger partial charge in [-0.1, -0.05) is 18.6 Å². The van der Waals surface area contributed by atoms with Gasteiger partial charge in [-0.25, -0.2) is 0 Å². The average Bonchev–Trinajstić information content (AvgIpc) is 2.37. The molecule has 1 N–H and O–H groups in total. The second kappa shape index (κ2) is 2.98. The van der Waals surface area contributed by atoms with E-state index in [-0.39, 0.29) is 0 Å². The minimum atomic E-state index is 0.771. The molecule has 2 bridgehead atoms. The van der Waals surface area contributed by atoms with Crippen molar-refractivity contribution in [1.82, 2.24) is 5.32 Å². The highest BCUT2D eigenvalue weighted by Crippen LogP contribution is 2.33. The molecule has 0 radical (unpaired) electrons. The summed E-state index contributed by atoms with van der Waals surface area (Å²) in [5, 5.41) is 3.42. The fraction of sp³-hybridized carbons (Fsp3) is 0.800. The van der Waals surface area contributed by atoms with E-state index < -0.39 is 0 Å². The normalized spacial score (nSPS) is 42.5. The van der Waals surface area contributed by atoms with Gasteiger partial charge in [-0.3, -0.25) is 0 Å². The first-order valence-corrected chi connectivity index (χ1v) is 4.76. The van der Waals surface area contributed by atoms with Gasteiger partial charge in [0.25, 0.3) is 0 Å². The second-order valence-corrected chi connectivity index (χ2v) is 3.87. The van der Waals surface area contributed by atoms with E-state index >= 15 is 0 Å². The van der Waals surface area contributed by atoms with Crippen molar-refractivity contribution in [3.05, 3.63) is 12.2 Å². The van der Waals surface area contributed by atoms with Crippen LogP contribution in [0.25, 0.3) is 0 Å². The van der Waals surface area contributed by atoms with Crippen LogP contribution in [0.4, 0.5) is 0 Å². The van der Waals surface area contributed by atoms with E-state index in [9.17, 15) is 0 Å². The minimum absolute atomic E-state index is 0.771. The summed E-state index contributed by atoms with van der Waals surface area (Å²) in [5.74, 6) is 1.71. The van der Waals surface area contributed by atoms with Crippen molar-refractivity contribution in [1.29, 1.82) is 0 Å². The van der Waals surface area contributed by atoms with Gasteiger partial charge < -0.3 is 5.32 Å². The number of fused-ring (bicyclic) bond motifs is 3. The van der Waals surface area contributed by atoms with E-state index in [2.05, 4.69) is 24.5 Å². The van der Waals surface area contributed by atoms with Crippen molar-refractivity contribution in [2.75, 3.05) is 7.05 Å². The number of allylic oxidation sites excluding steroid dienone is 1. The Labute approximate surface area is 68.9 Å². The summed E-state index contributed by atoms with van der Waals surface area (Å²) >= 11 is 0. The number of nitrogens with one attached hydrogen (secondary N) is 1. The van der Waals surface area contributed by atoms with Crippen LogP contribution in [0, 0.1) is 11.8 Å². The van der Waals surface area contributed by atoms with Gasteiger partial charge in [0.05, 0.1) is 0 Å². The molecule has 0 aromatic heterocycles. The Kier molecular flexibility index (Phi) is 1.99. The third-order valence-corrected chi connectivity index (χ3v) is 3.19. The van der Waals surface area contributed by atoms with Crippen LogP contribution in [-0.2, 0) is 0 Å². The molecular formula is C10H17N. The molecule has 3 unspecified atom stereocenters. The van der Waals surface area contributed by atoms with Crippen LogP contribution >= 0.6 is 0 Å². The molecule has 0 aliphatic heterocycles. The summed E-state index contributed by atoms with van der Waals surface area (Å²) in [6.07, 6.45) is 10.5. The maximum atomic E-state index is 3.42. The van der Waals surface area contributed by atoms with E-state index in [1.807, 2.05) is 0 Å². The number of hydrogen-bond acceptors (Lipinski definition) is 1. The minimum Gasteiger partial charge on any atom is -0.316 e. The molecule has 11 heavy (non-hydrogen) atoms. The van der Waals surface area contributed by atoms with E-state index in [0.717, 1.165) is 17.9 Å². The van der Waals surface area contributed by atoms with Gasteiger partial charge in [0.15, 0.2) is 0 Å². The Morgan fingerprint density at radius 1 is 1.27 bits per heavy atom. The molecule has 0 amide bonds. The smallest absolute Gasteiger partial charge is 0.0132 e. The monoisotopic (exact) mass is 151 g/mol. The van der Waals surface area contributed by atoms with Crippen molar-refractivity contribution in [3.8, 4) is 0 Å². The quantitative estimate of drug-likeness (QED) is 0.565. The lowest BCUT2D eigenvalue weighted by Gasteiger charge is -2.27. The topological polar surface area (TPSA) is 12.0 Å². The van der Waals surface area contributed by atoms with Crippen LogP contribution in [0.15, 0.2) is 12.2 Å².